The second-order valence-corrected chi connectivity index (χ2v) is 4.07. The topological polar surface area (TPSA) is 66.8 Å². The number of aromatic hydroxyl groups is 1. The van der Waals surface area contributed by atoms with Crippen LogP contribution in [0.5, 0.6) is 5.75 Å². The molecule has 0 saturated heterocycles. The lowest BCUT2D eigenvalue weighted by atomic mass is 10.1. The van der Waals surface area contributed by atoms with Gasteiger partial charge in [-0.25, -0.2) is 0 Å². The molecule has 104 valence electrons. The number of amides is 1. The number of ether oxygens (including phenoxy) is 1. The summed E-state index contributed by atoms with van der Waals surface area (Å²) in [6.07, 6.45) is 0. The largest absolute Gasteiger partial charge is 0.508 e. The molecule has 1 N–H and O–H groups in total. The van der Waals surface area contributed by atoms with Crippen molar-refractivity contribution in [1.29, 1.82) is 0 Å². The van der Waals surface area contributed by atoms with E-state index in [2.05, 4.69) is 0 Å². The van der Waals surface area contributed by atoms with E-state index < -0.39 is 5.97 Å². The summed E-state index contributed by atoms with van der Waals surface area (Å²) >= 11 is 0. The molecule has 1 aromatic rings. The number of phenolic OH excluding ortho intramolecular Hbond substituents is 1. The fourth-order valence-corrected chi connectivity index (χ4v) is 1.72. The summed E-state index contributed by atoms with van der Waals surface area (Å²) in [5, 5.41) is 9.61. The second-order valence-electron chi connectivity index (χ2n) is 4.07. The van der Waals surface area contributed by atoms with Gasteiger partial charge in [0.15, 0.2) is 0 Å². The number of carbonyl (C=O) groups excluding carboxylic acids is 2. The summed E-state index contributed by atoms with van der Waals surface area (Å²) in [4.78, 5) is 25.1. The molecule has 0 aliphatic carbocycles. The van der Waals surface area contributed by atoms with Crippen LogP contribution in [-0.4, -0.2) is 41.6 Å². The lowest BCUT2D eigenvalue weighted by molar-refractivity contribution is -0.143. The molecule has 0 saturated carbocycles. The van der Waals surface area contributed by atoms with Crippen molar-refractivity contribution in [2.24, 2.45) is 0 Å². The molecular formula is C14H19NO4. The zero-order valence-electron chi connectivity index (χ0n) is 11.5. The first kappa shape index (κ1) is 15.0. The Labute approximate surface area is 112 Å². The van der Waals surface area contributed by atoms with Crippen LogP contribution < -0.4 is 0 Å². The van der Waals surface area contributed by atoms with Gasteiger partial charge in [-0.15, -0.1) is 0 Å². The average Bonchev–Trinajstić information content (AvgIpc) is 2.39. The number of phenols is 1. The Morgan fingerprint density at radius 2 is 2.00 bits per heavy atom. The van der Waals surface area contributed by atoms with E-state index in [0.29, 0.717) is 17.7 Å². The standard InChI is InChI=1S/C14H19NO4/c1-4-15(9-13(17)19-5-2)14(18)11-7-6-8-12(16)10(11)3/h6-8,16H,4-5,9H2,1-3H3. The molecule has 0 unspecified atom stereocenters. The second kappa shape index (κ2) is 6.78. The average molecular weight is 265 g/mol. The maximum absolute atomic E-state index is 12.3. The molecule has 1 rings (SSSR count). The highest BCUT2D eigenvalue weighted by atomic mass is 16.5. The molecule has 0 aromatic heterocycles. The fourth-order valence-electron chi connectivity index (χ4n) is 1.72. The van der Waals surface area contributed by atoms with Crippen LogP contribution >= 0.6 is 0 Å². The lowest BCUT2D eigenvalue weighted by Crippen LogP contribution is -2.36. The first-order valence-corrected chi connectivity index (χ1v) is 6.24. The molecule has 5 nitrogen and oxygen atoms in total. The first-order chi connectivity index (χ1) is 9.01. The van der Waals surface area contributed by atoms with Gasteiger partial charge in [0.2, 0.25) is 0 Å². The minimum atomic E-state index is -0.435. The summed E-state index contributed by atoms with van der Waals surface area (Å²) in [6, 6.07) is 4.76. The van der Waals surface area contributed by atoms with Gasteiger partial charge in [-0.2, -0.15) is 0 Å². The zero-order chi connectivity index (χ0) is 14.4. The molecule has 0 aliphatic heterocycles. The third-order valence-corrected chi connectivity index (χ3v) is 2.83. The molecule has 0 fully saturated rings. The van der Waals surface area contributed by atoms with Gasteiger partial charge in [0.1, 0.15) is 12.3 Å². The fraction of sp³-hybridized carbons (Fsp3) is 0.429. The normalized spacial score (nSPS) is 10.1. The number of hydrogen-bond acceptors (Lipinski definition) is 4. The van der Waals surface area contributed by atoms with Crippen LogP contribution in [0.25, 0.3) is 0 Å². The van der Waals surface area contributed by atoms with Gasteiger partial charge in [0.25, 0.3) is 5.91 Å². The van der Waals surface area contributed by atoms with Gasteiger partial charge in [-0.1, -0.05) is 6.07 Å². The quantitative estimate of drug-likeness (QED) is 0.823. The molecule has 0 aliphatic rings. The Hall–Kier alpha value is -2.04. The van der Waals surface area contributed by atoms with Gasteiger partial charge in [0.05, 0.1) is 6.61 Å². The monoisotopic (exact) mass is 265 g/mol. The van der Waals surface area contributed by atoms with Crippen molar-refractivity contribution in [3.8, 4) is 5.75 Å². The number of esters is 1. The van der Waals surface area contributed by atoms with Crippen molar-refractivity contribution < 1.29 is 19.4 Å². The van der Waals surface area contributed by atoms with Crippen LogP contribution in [0.3, 0.4) is 0 Å². The Bertz CT molecular complexity index is 471. The van der Waals surface area contributed by atoms with E-state index >= 15 is 0 Å². The molecule has 19 heavy (non-hydrogen) atoms. The number of likely N-dealkylation sites (N-methyl/N-ethyl adjacent to an activating group) is 1. The van der Waals surface area contributed by atoms with E-state index in [1.807, 2.05) is 0 Å². The Morgan fingerprint density at radius 1 is 1.32 bits per heavy atom. The Kier molecular flexibility index (Phi) is 5.36. The SMILES string of the molecule is CCOC(=O)CN(CC)C(=O)c1cccc(O)c1C. The van der Waals surface area contributed by atoms with E-state index in [1.165, 1.54) is 11.0 Å². The predicted molar refractivity (Wildman–Crippen MR) is 71.1 cm³/mol. The minimum Gasteiger partial charge on any atom is -0.508 e. The highest BCUT2D eigenvalue weighted by Crippen LogP contribution is 2.20. The maximum atomic E-state index is 12.3. The Morgan fingerprint density at radius 3 is 2.58 bits per heavy atom. The van der Waals surface area contributed by atoms with Crippen LogP contribution in [0.4, 0.5) is 0 Å². The molecule has 1 aromatic carbocycles. The van der Waals surface area contributed by atoms with E-state index in [9.17, 15) is 14.7 Å². The van der Waals surface area contributed by atoms with Crippen molar-refractivity contribution in [3.05, 3.63) is 29.3 Å². The van der Waals surface area contributed by atoms with Gasteiger partial charge in [-0.3, -0.25) is 9.59 Å². The van der Waals surface area contributed by atoms with Crippen LogP contribution in [-0.2, 0) is 9.53 Å². The van der Waals surface area contributed by atoms with Crippen molar-refractivity contribution >= 4 is 11.9 Å². The third-order valence-electron chi connectivity index (χ3n) is 2.83. The zero-order valence-corrected chi connectivity index (χ0v) is 11.5. The molecule has 0 bridgehead atoms. The van der Waals surface area contributed by atoms with E-state index in [-0.39, 0.29) is 24.8 Å². The number of nitrogens with zero attached hydrogens (tertiary/aromatic N) is 1. The van der Waals surface area contributed by atoms with E-state index in [0.717, 1.165) is 0 Å². The van der Waals surface area contributed by atoms with Crippen LogP contribution in [0.2, 0.25) is 0 Å². The predicted octanol–water partition coefficient (Wildman–Crippen LogP) is 1.73. The summed E-state index contributed by atoms with van der Waals surface area (Å²) in [5.74, 6) is -0.655. The van der Waals surface area contributed by atoms with E-state index in [1.54, 1.807) is 32.9 Å². The molecule has 0 atom stereocenters. The highest BCUT2D eigenvalue weighted by molar-refractivity contribution is 5.97. The summed E-state index contributed by atoms with van der Waals surface area (Å²) in [5.41, 5.74) is 0.904. The smallest absolute Gasteiger partial charge is 0.325 e. The number of benzene rings is 1. The number of hydrogen-bond donors (Lipinski definition) is 1. The van der Waals surface area contributed by atoms with Crippen molar-refractivity contribution in [1.82, 2.24) is 4.90 Å². The summed E-state index contributed by atoms with van der Waals surface area (Å²) in [6.45, 7) is 5.77. The molecule has 0 radical (unpaired) electrons. The van der Waals surface area contributed by atoms with Crippen LogP contribution in [0.15, 0.2) is 18.2 Å². The molecule has 0 heterocycles. The molecule has 0 spiro atoms. The third kappa shape index (κ3) is 3.71. The van der Waals surface area contributed by atoms with Gasteiger partial charge in [0, 0.05) is 17.7 Å². The van der Waals surface area contributed by atoms with Crippen LogP contribution in [0.1, 0.15) is 29.8 Å². The molecule has 5 heteroatoms. The summed E-state index contributed by atoms with van der Waals surface area (Å²) in [7, 11) is 0. The minimum absolute atomic E-state index is 0.0676. The molecular weight excluding hydrogens is 246 g/mol. The van der Waals surface area contributed by atoms with Crippen molar-refractivity contribution in [2.75, 3.05) is 19.7 Å². The lowest BCUT2D eigenvalue weighted by Gasteiger charge is -2.20. The number of carbonyl (C=O) groups is 2. The van der Waals surface area contributed by atoms with Gasteiger partial charge >= 0.3 is 5.97 Å². The van der Waals surface area contributed by atoms with Crippen molar-refractivity contribution in [2.45, 2.75) is 20.8 Å². The summed E-state index contributed by atoms with van der Waals surface area (Å²) < 4.78 is 4.83. The maximum Gasteiger partial charge on any atom is 0.325 e. The van der Waals surface area contributed by atoms with Gasteiger partial charge < -0.3 is 14.7 Å². The number of rotatable bonds is 5. The Balaban J connectivity index is 2.89. The van der Waals surface area contributed by atoms with Gasteiger partial charge in [-0.05, 0) is 32.9 Å². The molecule has 1 amide bonds. The van der Waals surface area contributed by atoms with E-state index in [4.69, 9.17) is 4.74 Å². The van der Waals surface area contributed by atoms with Crippen molar-refractivity contribution in [3.63, 3.8) is 0 Å². The van der Waals surface area contributed by atoms with Crippen LogP contribution in [0, 0.1) is 6.92 Å². The highest BCUT2D eigenvalue weighted by Gasteiger charge is 2.20. The first-order valence-electron chi connectivity index (χ1n) is 6.24.